The second kappa shape index (κ2) is 6.53. The van der Waals surface area contributed by atoms with Crippen molar-refractivity contribution in [1.82, 2.24) is 10.2 Å². The van der Waals surface area contributed by atoms with Crippen LogP contribution in [0.1, 0.15) is 18.9 Å². The first-order valence-corrected chi connectivity index (χ1v) is 7.58. The largest absolute Gasteiger partial charge is 0.399 e. The van der Waals surface area contributed by atoms with Crippen molar-refractivity contribution in [3.63, 3.8) is 0 Å². The van der Waals surface area contributed by atoms with E-state index in [0.29, 0.717) is 11.6 Å². The number of benzene rings is 1. The molecule has 0 spiro atoms. The van der Waals surface area contributed by atoms with Gasteiger partial charge in [0.25, 0.3) is 0 Å². The van der Waals surface area contributed by atoms with Gasteiger partial charge in [0.05, 0.1) is 0 Å². The number of aromatic nitrogens is 2. The summed E-state index contributed by atoms with van der Waals surface area (Å²) >= 11 is 2.97. The van der Waals surface area contributed by atoms with Crippen molar-refractivity contribution >= 4 is 39.8 Å². The van der Waals surface area contributed by atoms with Crippen LogP contribution in [0.25, 0.3) is 0 Å². The summed E-state index contributed by atoms with van der Waals surface area (Å²) in [6.45, 7) is 1.80. The first-order valence-electron chi connectivity index (χ1n) is 5.78. The molecule has 0 saturated carbocycles. The molecule has 0 aliphatic carbocycles. The SMILES string of the molecule is CCC(=O)Nc1nnc(SCc2ccc(N)cc2)s1. The van der Waals surface area contributed by atoms with Gasteiger partial charge in [0.2, 0.25) is 11.0 Å². The molecule has 3 N–H and O–H groups in total. The highest BCUT2D eigenvalue weighted by atomic mass is 32.2. The lowest BCUT2D eigenvalue weighted by Gasteiger charge is -1.99. The van der Waals surface area contributed by atoms with E-state index in [9.17, 15) is 4.79 Å². The molecule has 0 radical (unpaired) electrons. The number of hydrogen-bond acceptors (Lipinski definition) is 6. The number of nitrogens with one attached hydrogen (secondary N) is 1. The minimum atomic E-state index is -0.0498. The zero-order valence-corrected chi connectivity index (χ0v) is 12.1. The third-order valence-corrected chi connectivity index (χ3v) is 4.36. The molecule has 2 rings (SSSR count). The molecule has 0 atom stereocenters. The molecule has 0 saturated heterocycles. The highest BCUT2D eigenvalue weighted by molar-refractivity contribution is 8.00. The number of nitrogens with two attached hydrogens (primary N) is 1. The van der Waals surface area contributed by atoms with E-state index in [2.05, 4.69) is 15.5 Å². The number of nitrogens with zero attached hydrogens (tertiary/aromatic N) is 2. The summed E-state index contributed by atoms with van der Waals surface area (Å²) in [5.74, 6) is 0.752. The molecule has 1 aromatic carbocycles. The number of carbonyl (C=O) groups is 1. The molecule has 1 heterocycles. The minimum Gasteiger partial charge on any atom is -0.399 e. The number of anilines is 2. The summed E-state index contributed by atoms with van der Waals surface area (Å²) in [4.78, 5) is 11.2. The fourth-order valence-corrected chi connectivity index (χ4v) is 3.01. The number of amides is 1. The van der Waals surface area contributed by atoms with Crippen molar-refractivity contribution in [3.05, 3.63) is 29.8 Å². The quantitative estimate of drug-likeness (QED) is 0.503. The molecule has 0 fully saturated rings. The van der Waals surface area contributed by atoms with E-state index < -0.39 is 0 Å². The van der Waals surface area contributed by atoms with Crippen molar-refractivity contribution in [3.8, 4) is 0 Å². The first-order chi connectivity index (χ1) is 9.17. The average molecular weight is 294 g/mol. The van der Waals surface area contributed by atoms with Gasteiger partial charge in [-0.3, -0.25) is 4.79 Å². The molecular weight excluding hydrogens is 280 g/mol. The zero-order chi connectivity index (χ0) is 13.7. The van der Waals surface area contributed by atoms with Gasteiger partial charge in [-0.05, 0) is 17.7 Å². The number of nitrogen functional groups attached to an aromatic ring is 1. The van der Waals surface area contributed by atoms with Crippen LogP contribution in [0.15, 0.2) is 28.6 Å². The van der Waals surface area contributed by atoms with Gasteiger partial charge in [-0.15, -0.1) is 10.2 Å². The third kappa shape index (κ3) is 4.22. The second-order valence-corrected chi connectivity index (χ2v) is 6.01. The summed E-state index contributed by atoms with van der Waals surface area (Å²) in [7, 11) is 0. The lowest BCUT2D eigenvalue weighted by Crippen LogP contribution is -2.08. The van der Waals surface area contributed by atoms with Crippen LogP contribution in [-0.4, -0.2) is 16.1 Å². The predicted octanol–water partition coefficient (Wildman–Crippen LogP) is 2.76. The molecular formula is C12H14N4OS2. The van der Waals surface area contributed by atoms with Crippen LogP contribution in [0.5, 0.6) is 0 Å². The van der Waals surface area contributed by atoms with Crippen molar-refractivity contribution in [1.29, 1.82) is 0 Å². The van der Waals surface area contributed by atoms with Crippen molar-refractivity contribution < 1.29 is 4.79 Å². The molecule has 0 bridgehead atoms. The fraction of sp³-hybridized carbons (Fsp3) is 0.250. The highest BCUT2D eigenvalue weighted by Crippen LogP contribution is 2.28. The lowest BCUT2D eigenvalue weighted by atomic mass is 10.2. The molecule has 100 valence electrons. The van der Waals surface area contributed by atoms with Gasteiger partial charge in [-0.2, -0.15) is 0 Å². The van der Waals surface area contributed by atoms with Crippen LogP contribution in [0, 0.1) is 0 Å². The van der Waals surface area contributed by atoms with Gasteiger partial charge in [0, 0.05) is 17.9 Å². The third-order valence-electron chi connectivity index (χ3n) is 2.32. The molecule has 19 heavy (non-hydrogen) atoms. The number of hydrogen-bond donors (Lipinski definition) is 2. The Bertz CT molecular complexity index is 553. The van der Waals surface area contributed by atoms with Gasteiger partial charge < -0.3 is 11.1 Å². The van der Waals surface area contributed by atoms with E-state index in [0.717, 1.165) is 15.8 Å². The average Bonchev–Trinajstić information content (AvgIpc) is 2.85. The molecule has 1 amide bonds. The van der Waals surface area contributed by atoms with Crippen molar-refractivity contribution in [2.24, 2.45) is 0 Å². The first kappa shape index (κ1) is 13.8. The van der Waals surface area contributed by atoms with Gasteiger partial charge in [-0.1, -0.05) is 42.2 Å². The fourth-order valence-electron chi connectivity index (χ4n) is 1.29. The summed E-state index contributed by atoms with van der Waals surface area (Å²) < 4.78 is 0.836. The molecule has 0 aliphatic heterocycles. The Morgan fingerprint density at radius 3 is 2.79 bits per heavy atom. The summed E-state index contributed by atoms with van der Waals surface area (Å²) in [5.41, 5.74) is 7.56. The van der Waals surface area contributed by atoms with Crippen molar-refractivity contribution in [2.75, 3.05) is 11.1 Å². The summed E-state index contributed by atoms with van der Waals surface area (Å²) in [6, 6.07) is 7.73. The van der Waals surface area contributed by atoms with Crippen LogP contribution in [0.4, 0.5) is 10.8 Å². The second-order valence-electron chi connectivity index (χ2n) is 3.81. The Morgan fingerprint density at radius 1 is 1.37 bits per heavy atom. The van der Waals surface area contributed by atoms with Gasteiger partial charge in [-0.25, -0.2) is 0 Å². The van der Waals surface area contributed by atoms with Crippen LogP contribution in [-0.2, 0) is 10.5 Å². The molecule has 0 unspecified atom stereocenters. The number of rotatable bonds is 5. The van der Waals surface area contributed by atoms with Crippen LogP contribution >= 0.6 is 23.1 Å². The topological polar surface area (TPSA) is 80.9 Å². The monoisotopic (exact) mass is 294 g/mol. The molecule has 1 aromatic heterocycles. The molecule has 7 heteroatoms. The smallest absolute Gasteiger partial charge is 0.225 e. The Balaban J connectivity index is 1.89. The number of thioether (sulfide) groups is 1. The maximum absolute atomic E-state index is 11.2. The standard InChI is InChI=1S/C12H14N4OS2/c1-2-10(17)14-11-15-16-12(19-11)18-7-8-3-5-9(13)6-4-8/h3-6H,2,7,13H2,1H3,(H,14,15,17). The van der Waals surface area contributed by atoms with E-state index in [1.807, 2.05) is 24.3 Å². The van der Waals surface area contributed by atoms with E-state index in [4.69, 9.17) is 5.73 Å². The summed E-state index contributed by atoms with van der Waals surface area (Å²) in [5, 5.41) is 11.2. The normalized spacial score (nSPS) is 10.4. The van der Waals surface area contributed by atoms with E-state index in [1.165, 1.54) is 16.9 Å². The lowest BCUT2D eigenvalue weighted by molar-refractivity contribution is -0.115. The van der Waals surface area contributed by atoms with Crippen LogP contribution < -0.4 is 11.1 Å². The molecule has 5 nitrogen and oxygen atoms in total. The maximum Gasteiger partial charge on any atom is 0.225 e. The van der Waals surface area contributed by atoms with Crippen LogP contribution in [0.2, 0.25) is 0 Å². The van der Waals surface area contributed by atoms with E-state index in [-0.39, 0.29) is 5.91 Å². The van der Waals surface area contributed by atoms with Crippen molar-refractivity contribution in [2.45, 2.75) is 23.4 Å². The van der Waals surface area contributed by atoms with Crippen LogP contribution in [0.3, 0.4) is 0 Å². The Morgan fingerprint density at radius 2 is 2.11 bits per heavy atom. The van der Waals surface area contributed by atoms with E-state index >= 15 is 0 Å². The minimum absolute atomic E-state index is 0.0498. The zero-order valence-electron chi connectivity index (χ0n) is 10.4. The van der Waals surface area contributed by atoms with Gasteiger partial charge >= 0.3 is 0 Å². The Kier molecular flexibility index (Phi) is 4.75. The Labute approximate surface area is 119 Å². The Hall–Kier alpha value is -1.60. The predicted molar refractivity (Wildman–Crippen MR) is 79.2 cm³/mol. The highest BCUT2D eigenvalue weighted by Gasteiger charge is 2.07. The van der Waals surface area contributed by atoms with Gasteiger partial charge in [0.15, 0.2) is 4.34 Å². The number of carbonyl (C=O) groups excluding carboxylic acids is 1. The molecule has 2 aromatic rings. The van der Waals surface area contributed by atoms with Gasteiger partial charge in [0.1, 0.15) is 0 Å². The molecule has 0 aliphatic rings. The maximum atomic E-state index is 11.2. The van der Waals surface area contributed by atoms with E-state index in [1.54, 1.807) is 18.7 Å². The summed E-state index contributed by atoms with van der Waals surface area (Å²) in [6.07, 6.45) is 0.438.